The van der Waals surface area contributed by atoms with Crippen molar-refractivity contribution in [2.24, 2.45) is 5.92 Å². The third-order valence-electron chi connectivity index (χ3n) is 4.82. The van der Waals surface area contributed by atoms with Crippen LogP contribution in [0.1, 0.15) is 61.8 Å². The van der Waals surface area contributed by atoms with Gasteiger partial charge in [0.1, 0.15) is 17.9 Å². The first-order chi connectivity index (χ1) is 12.1. The molecule has 3 heterocycles. The zero-order valence-electron chi connectivity index (χ0n) is 15.2. The van der Waals surface area contributed by atoms with E-state index in [1.165, 1.54) is 19.2 Å². The largest absolute Gasteiger partial charge is 0.455 e. The highest BCUT2D eigenvalue weighted by atomic mass is 16.4. The fourth-order valence-electron chi connectivity index (χ4n) is 3.21. The molecular weight excluding hydrogens is 318 g/mol. The Bertz CT molecular complexity index is 700. The normalized spacial score (nSPS) is 17.6. The second-order valence-corrected chi connectivity index (χ2v) is 6.85. The third kappa shape index (κ3) is 4.28. The van der Waals surface area contributed by atoms with Crippen molar-refractivity contribution in [1.82, 2.24) is 25.0 Å². The highest BCUT2D eigenvalue weighted by Gasteiger charge is 2.20. The number of piperidine rings is 1. The minimum absolute atomic E-state index is 0.225. The van der Waals surface area contributed by atoms with Crippen LogP contribution in [0.4, 0.5) is 0 Å². The molecule has 1 aliphatic heterocycles. The molecule has 0 aliphatic carbocycles. The van der Waals surface area contributed by atoms with Crippen LogP contribution in [-0.2, 0) is 13.1 Å². The van der Waals surface area contributed by atoms with Crippen molar-refractivity contribution in [3.63, 3.8) is 0 Å². The topological polar surface area (TPSA) is 76.2 Å². The van der Waals surface area contributed by atoms with Gasteiger partial charge in [-0.2, -0.15) is 5.10 Å². The van der Waals surface area contributed by atoms with Crippen molar-refractivity contribution in [2.45, 2.75) is 52.7 Å². The van der Waals surface area contributed by atoms with Gasteiger partial charge in [-0.25, -0.2) is 9.67 Å². The molecule has 0 spiro atoms. The lowest BCUT2D eigenvalue weighted by atomic mass is 9.99. The number of nitrogens with one attached hydrogen (secondary N) is 1. The van der Waals surface area contributed by atoms with Crippen LogP contribution < -0.4 is 5.32 Å². The lowest BCUT2D eigenvalue weighted by molar-refractivity contribution is 0.0904. The molecule has 1 unspecified atom stereocenters. The van der Waals surface area contributed by atoms with Crippen molar-refractivity contribution in [3.8, 4) is 0 Å². The van der Waals surface area contributed by atoms with Crippen LogP contribution in [-0.4, -0.2) is 38.7 Å². The van der Waals surface area contributed by atoms with E-state index in [4.69, 9.17) is 4.42 Å². The van der Waals surface area contributed by atoms with E-state index >= 15 is 0 Å². The van der Waals surface area contributed by atoms with Gasteiger partial charge in [-0.15, -0.1) is 0 Å². The number of nitrogens with zero attached hydrogens (tertiary/aromatic N) is 4. The van der Waals surface area contributed by atoms with E-state index in [9.17, 15) is 4.79 Å². The number of hydrogen-bond acceptors (Lipinski definition) is 5. The van der Waals surface area contributed by atoms with Gasteiger partial charge < -0.3 is 9.73 Å². The van der Waals surface area contributed by atoms with Crippen LogP contribution in [0.25, 0.3) is 0 Å². The predicted octanol–water partition coefficient (Wildman–Crippen LogP) is 2.61. The summed E-state index contributed by atoms with van der Waals surface area (Å²) in [4.78, 5) is 19.0. The second-order valence-electron chi connectivity index (χ2n) is 6.85. The van der Waals surface area contributed by atoms with Gasteiger partial charge >= 0.3 is 0 Å². The van der Waals surface area contributed by atoms with Crippen molar-refractivity contribution in [1.29, 1.82) is 0 Å². The first kappa shape index (κ1) is 17.7. The van der Waals surface area contributed by atoms with Gasteiger partial charge in [0.05, 0.1) is 12.6 Å². The van der Waals surface area contributed by atoms with E-state index < -0.39 is 0 Å². The van der Waals surface area contributed by atoms with Crippen LogP contribution >= 0.6 is 0 Å². The summed E-state index contributed by atoms with van der Waals surface area (Å²) < 4.78 is 7.53. The number of carbonyl (C=O) groups excluding carboxylic acids is 1. The molecule has 136 valence electrons. The molecule has 25 heavy (non-hydrogen) atoms. The summed E-state index contributed by atoms with van der Waals surface area (Å²) in [6.45, 7) is 9.85. The second kappa shape index (κ2) is 7.82. The predicted molar refractivity (Wildman–Crippen MR) is 94.0 cm³/mol. The summed E-state index contributed by atoms with van der Waals surface area (Å²) >= 11 is 0. The van der Waals surface area contributed by atoms with Gasteiger partial charge in [0.15, 0.2) is 5.76 Å². The number of hydrogen-bond donors (Lipinski definition) is 1. The van der Waals surface area contributed by atoms with Crippen LogP contribution in [0, 0.1) is 5.92 Å². The minimum Gasteiger partial charge on any atom is -0.455 e. The molecule has 7 nitrogen and oxygen atoms in total. The molecule has 0 radical (unpaired) electrons. The molecular formula is C18H27N5O2. The summed E-state index contributed by atoms with van der Waals surface area (Å²) in [5.41, 5.74) is 0. The minimum atomic E-state index is -0.230. The van der Waals surface area contributed by atoms with Gasteiger partial charge in [0.2, 0.25) is 0 Å². The van der Waals surface area contributed by atoms with Gasteiger partial charge in [-0.1, -0.05) is 6.92 Å². The number of amides is 1. The summed E-state index contributed by atoms with van der Waals surface area (Å²) in [7, 11) is 0. The SMILES string of the molecule is CCn1ncnc1C(C)NC(=O)c1ccc(CN2CCC(C)CC2)o1. The summed E-state index contributed by atoms with van der Waals surface area (Å²) in [5, 5.41) is 7.06. The molecule has 7 heteroatoms. The lowest BCUT2D eigenvalue weighted by Crippen LogP contribution is -2.32. The molecule has 0 saturated carbocycles. The summed E-state index contributed by atoms with van der Waals surface area (Å²) in [5.74, 6) is 2.50. The summed E-state index contributed by atoms with van der Waals surface area (Å²) in [6, 6.07) is 3.41. The third-order valence-corrected chi connectivity index (χ3v) is 4.82. The maximum atomic E-state index is 12.4. The van der Waals surface area contributed by atoms with Gasteiger partial charge in [-0.05, 0) is 57.8 Å². The Kier molecular flexibility index (Phi) is 5.53. The van der Waals surface area contributed by atoms with Crippen molar-refractivity contribution in [2.75, 3.05) is 13.1 Å². The highest BCUT2D eigenvalue weighted by Crippen LogP contribution is 2.19. The molecule has 1 N–H and O–H groups in total. The quantitative estimate of drug-likeness (QED) is 0.871. The maximum Gasteiger partial charge on any atom is 0.287 e. The number of rotatable bonds is 6. The van der Waals surface area contributed by atoms with Gasteiger partial charge in [0, 0.05) is 6.54 Å². The maximum absolute atomic E-state index is 12.4. The standard InChI is InChI=1S/C18H27N5O2/c1-4-23-17(19-12-20-23)14(3)21-18(24)16-6-5-15(25-16)11-22-9-7-13(2)8-10-22/h5-6,12-14H,4,7-11H2,1-3H3,(H,21,24). The molecule has 1 fully saturated rings. The number of likely N-dealkylation sites (tertiary alicyclic amines) is 1. The van der Waals surface area contributed by atoms with E-state index in [2.05, 4.69) is 27.2 Å². The Morgan fingerprint density at radius 1 is 1.40 bits per heavy atom. The molecule has 3 rings (SSSR count). The first-order valence-corrected chi connectivity index (χ1v) is 9.06. The molecule has 0 bridgehead atoms. The highest BCUT2D eigenvalue weighted by molar-refractivity contribution is 5.91. The number of carbonyl (C=O) groups is 1. The Morgan fingerprint density at radius 3 is 2.88 bits per heavy atom. The Morgan fingerprint density at radius 2 is 2.16 bits per heavy atom. The lowest BCUT2D eigenvalue weighted by Gasteiger charge is -2.29. The van der Waals surface area contributed by atoms with Crippen molar-refractivity contribution >= 4 is 5.91 Å². The number of aromatic nitrogens is 3. The molecule has 1 amide bonds. The molecule has 2 aromatic rings. The van der Waals surface area contributed by atoms with Crippen molar-refractivity contribution in [3.05, 3.63) is 35.8 Å². The summed E-state index contributed by atoms with van der Waals surface area (Å²) in [6.07, 6.45) is 3.96. The molecule has 2 aromatic heterocycles. The average Bonchev–Trinajstić information content (AvgIpc) is 3.26. The van der Waals surface area contributed by atoms with Crippen LogP contribution in [0.2, 0.25) is 0 Å². The van der Waals surface area contributed by atoms with E-state index in [1.807, 2.05) is 19.9 Å². The van der Waals surface area contributed by atoms with Crippen LogP contribution in [0.5, 0.6) is 0 Å². The van der Waals surface area contributed by atoms with E-state index in [0.29, 0.717) is 5.76 Å². The number of aryl methyl sites for hydroxylation is 1. The molecule has 0 aromatic carbocycles. The van der Waals surface area contributed by atoms with Gasteiger partial charge in [0.25, 0.3) is 5.91 Å². The van der Waals surface area contributed by atoms with Crippen LogP contribution in [0.15, 0.2) is 22.9 Å². The fraction of sp³-hybridized carbons (Fsp3) is 0.611. The van der Waals surface area contributed by atoms with Gasteiger partial charge in [-0.3, -0.25) is 9.69 Å². The fourth-order valence-corrected chi connectivity index (χ4v) is 3.21. The van der Waals surface area contributed by atoms with E-state index in [-0.39, 0.29) is 11.9 Å². The van der Waals surface area contributed by atoms with Crippen LogP contribution in [0.3, 0.4) is 0 Å². The zero-order valence-corrected chi connectivity index (χ0v) is 15.2. The Hall–Kier alpha value is -2.15. The van der Waals surface area contributed by atoms with E-state index in [1.54, 1.807) is 10.7 Å². The monoisotopic (exact) mass is 345 g/mol. The van der Waals surface area contributed by atoms with E-state index in [0.717, 1.165) is 43.7 Å². The molecule has 1 atom stereocenters. The van der Waals surface area contributed by atoms with Crippen molar-refractivity contribution < 1.29 is 9.21 Å². The molecule has 1 saturated heterocycles. The first-order valence-electron chi connectivity index (χ1n) is 9.06. The average molecular weight is 345 g/mol. The Balaban J connectivity index is 1.57. The molecule has 1 aliphatic rings. The zero-order chi connectivity index (χ0) is 17.8. The smallest absolute Gasteiger partial charge is 0.287 e. The number of furan rings is 1. The Labute approximate surface area is 148 Å².